The van der Waals surface area contributed by atoms with Gasteiger partial charge in [0.1, 0.15) is 0 Å². The van der Waals surface area contributed by atoms with Crippen molar-refractivity contribution < 1.29 is 9.53 Å². The molecule has 0 spiro atoms. The second-order valence-electron chi connectivity index (χ2n) is 5.40. The predicted molar refractivity (Wildman–Crippen MR) is 83.7 cm³/mol. The maximum atomic E-state index is 12.3. The van der Waals surface area contributed by atoms with Gasteiger partial charge in [0.15, 0.2) is 0 Å². The second kappa shape index (κ2) is 6.28. The number of ether oxygens (including phenoxy) is 1. The third-order valence-electron chi connectivity index (χ3n) is 4.05. The third-order valence-corrected chi connectivity index (χ3v) is 4.05. The zero-order valence-electron chi connectivity index (χ0n) is 12.3. The Morgan fingerprint density at radius 2 is 1.95 bits per heavy atom. The molecule has 2 fully saturated rings. The average molecular weight is 287 g/mol. The standard InChI is InChI=1S/C16H21N3O2/c1-12(13-10-17-11-13)16(20)18-14-4-2-3-5-15(14)19-6-8-21-9-7-19/h2-5,17H,6-11H2,1H3,(H,18,20). The largest absolute Gasteiger partial charge is 0.378 e. The molecule has 0 aromatic heterocycles. The topological polar surface area (TPSA) is 53.6 Å². The number of nitrogens with one attached hydrogen (secondary N) is 2. The highest BCUT2D eigenvalue weighted by atomic mass is 16.5. The second-order valence-corrected chi connectivity index (χ2v) is 5.40. The van der Waals surface area contributed by atoms with E-state index in [0.29, 0.717) is 0 Å². The first-order valence-corrected chi connectivity index (χ1v) is 7.38. The van der Waals surface area contributed by atoms with Gasteiger partial charge in [-0.3, -0.25) is 4.79 Å². The van der Waals surface area contributed by atoms with Crippen molar-refractivity contribution in [3.63, 3.8) is 0 Å². The summed E-state index contributed by atoms with van der Waals surface area (Å²) in [7, 11) is 0. The van der Waals surface area contributed by atoms with E-state index in [0.717, 1.165) is 56.3 Å². The summed E-state index contributed by atoms with van der Waals surface area (Å²) in [6, 6.07) is 7.96. The Kier molecular flexibility index (Phi) is 4.22. The highest BCUT2D eigenvalue weighted by molar-refractivity contribution is 6.05. The van der Waals surface area contributed by atoms with E-state index in [9.17, 15) is 4.79 Å². The zero-order valence-corrected chi connectivity index (χ0v) is 12.3. The Labute approximate surface area is 125 Å². The normalized spacial score (nSPS) is 18.1. The molecule has 21 heavy (non-hydrogen) atoms. The zero-order chi connectivity index (χ0) is 14.7. The van der Waals surface area contributed by atoms with Crippen molar-refractivity contribution in [1.29, 1.82) is 0 Å². The lowest BCUT2D eigenvalue weighted by molar-refractivity contribution is -0.112. The minimum absolute atomic E-state index is 0.00721. The van der Waals surface area contributed by atoms with E-state index in [-0.39, 0.29) is 5.91 Å². The summed E-state index contributed by atoms with van der Waals surface area (Å²) >= 11 is 0. The monoisotopic (exact) mass is 287 g/mol. The van der Waals surface area contributed by atoms with E-state index in [1.807, 2.05) is 31.2 Å². The van der Waals surface area contributed by atoms with Crippen LogP contribution in [0.1, 0.15) is 6.92 Å². The van der Waals surface area contributed by atoms with Crippen LogP contribution in [0.5, 0.6) is 0 Å². The molecule has 0 unspecified atom stereocenters. The lowest BCUT2D eigenvalue weighted by atomic mass is 10.0. The molecule has 2 aliphatic heterocycles. The Morgan fingerprint density at radius 3 is 2.62 bits per heavy atom. The summed E-state index contributed by atoms with van der Waals surface area (Å²) < 4.78 is 5.39. The van der Waals surface area contributed by atoms with Crippen molar-refractivity contribution in [2.24, 2.45) is 0 Å². The summed E-state index contributed by atoms with van der Waals surface area (Å²) in [6.45, 7) is 6.72. The van der Waals surface area contributed by atoms with Crippen LogP contribution in [-0.2, 0) is 9.53 Å². The van der Waals surface area contributed by atoms with Gasteiger partial charge in [0.05, 0.1) is 24.6 Å². The minimum Gasteiger partial charge on any atom is -0.378 e. The molecule has 5 heteroatoms. The van der Waals surface area contributed by atoms with Crippen molar-refractivity contribution in [3.05, 3.63) is 35.4 Å². The molecule has 112 valence electrons. The smallest absolute Gasteiger partial charge is 0.251 e. The van der Waals surface area contributed by atoms with Gasteiger partial charge in [0.2, 0.25) is 0 Å². The molecule has 1 amide bonds. The predicted octanol–water partition coefficient (Wildman–Crippen LogP) is 1.38. The van der Waals surface area contributed by atoms with Crippen molar-refractivity contribution in [2.45, 2.75) is 6.92 Å². The van der Waals surface area contributed by atoms with Crippen molar-refractivity contribution >= 4 is 17.3 Å². The molecule has 2 saturated heterocycles. The molecular formula is C16H21N3O2. The molecule has 3 rings (SSSR count). The molecule has 0 atom stereocenters. The minimum atomic E-state index is -0.00721. The molecule has 2 heterocycles. The molecule has 0 saturated carbocycles. The molecule has 2 aliphatic rings. The average Bonchev–Trinajstić information content (AvgIpc) is 2.47. The molecule has 0 aliphatic carbocycles. The Bertz CT molecular complexity index is 556. The number of benzene rings is 1. The highest BCUT2D eigenvalue weighted by Gasteiger charge is 2.19. The number of amides is 1. The van der Waals surface area contributed by atoms with Crippen molar-refractivity contribution in [1.82, 2.24) is 5.32 Å². The quantitative estimate of drug-likeness (QED) is 0.825. The Balaban J connectivity index is 1.77. The molecule has 2 N–H and O–H groups in total. The number of rotatable bonds is 3. The van der Waals surface area contributed by atoms with Crippen LogP contribution in [0.15, 0.2) is 35.4 Å². The number of carbonyl (C=O) groups excluding carboxylic acids is 1. The van der Waals surface area contributed by atoms with E-state index in [1.54, 1.807) is 0 Å². The number of hydrogen-bond donors (Lipinski definition) is 2. The molecule has 1 aromatic rings. The first-order valence-electron chi connectivity index (χ1n) is 7.38. The van der Waals surface area contributed by atoms with E-state index in [4.69, 9.17) is 4.74 Å². The van der Waals surface area contributed by atoms with Gasteiger partial charge in [-0.25, -0.2) is 0 Å². The van der Waals surface area contributed by atoms with Gasteiger partial charge in [0.25, 0.3) is 5.91 Å². The van der Waals surface area contributed by atoms with Gasteiger partial charge < -0.3 is 20.3 Å². The maximum absolute atomic E-state index is 12.3. The van der Waals surface area contributed by atoms with Crippen molar-refractivity contribution in [2.75, 3.05) is 49.6 Å². The molecule has 0 radical (unpaired) electrons. The lowest BCUT2D eigenvalue weighted by Crippen LogP contribution is -2.37. The molecule has 1 aromatic carbocycles. The van der Waals surface area contributed by atoms with Crippen LogP contribution >= 0.6 is 0 Å². The molecule has 0 bridgehead atoms. The van der Waals surface area contributed by atoms with E-state index < -0.39 is 0 Å². The summed E-state index contributed by atoms with van der Waals surface area (Å²) in [5.41, 5.74) is 3.96. The number of nitrogens with zero attached hydrogens (tertiary/aromatic N) is 1. The van der Waals surface area contributed by atoms with Gasteiger partial charge in [-0.1, -0.05) is 12.1 Å². The fraction of sp³-hybridized carbons (Fsp3) is 0.438. The van der Waals surface area contributed by atoms with Crippen molar-refractivity contribution in [3.8, 4) is 0 Å². The van der Waals surface area contributed by atoms with Crippen LogP contribution in [0.4, 0.5) is 11.4 Å². The van der Waals surface area contributed by atoms with Gasteiger partial charge in [-0.15, -0.1) is 0 Å². The van der Waals surface area contributed by atoms with Crippen LogP contribution in [0, 0.1) is 0 Å². The summed E-state index contributed by atoms with van der Waals surface area (Å²) in [5, 5.41) is 6.21. The first kappa shape index (κ1) is 14.1. The van der Waals surface area contributed by atoms with Crippen LogP contribution in [0.25, 0.3) is 0 Å². The Morgan fingerprint density at radius 1 is 1.24 bits per heavy atom. The van der Waals surface area contributed by atoms with Crippen LogP contribution < -0.4 is 15.5 Å². The SMILES string of the molecule is CC(C(=O)Nc1ccccc1N1CCOCC1)=C1CNC1. The number of anilines is 2. The Hall–Kier alpha value is -1.85. The van der Waals surface area contributed by atoms with Crippen LogP contribution in [0.2, 0.25) is 0 Å². The van der Waals surface area contributed by atoms with E-state index in [1.165, 1.54) is 5.57 Å². The number of carbonyl (C=O) groups is 1. The maximum Gasteiger partial charge on any atom is 0.251 e. The van der Waals surface area contributed by atoms with E-state index >= 15 is 0 Å². The fourth-order valence-corrected chi connectivity index (χ4v) is 2.55. The van der Waals surface area contributed by atoms with Gasteiger partial charge in [-0.2, -0.15) is 0 Å². The number of morpholine rings is 1. The van der Waals surface area contributed by atoms with E-state index in [2.05, 4.69) is 15.5 Å². The van der Waals surface area contributed by atoms with Crippen LogP contribution in [0.3, 0.4) is 0 Å². The summed E-state index contributed by atoms with van der Waals surface area (Å²) in [6.07, 6.45) is 0. The molecular weight excluding hydrogens is 266 g/mol. The summed E-state index contributed by atoms with van der Waals surface area (Å²) in [4.78, 5) is 14.6. The number of para-hydroxylation sites is 2. The lowest BCUT2D eigenvalue weighted by Gasteiger charge is -2.30. The fourth-order valence-electron chi connectivity index (χ4n) is 2.55. The highest BCUT2D eigenvalue weighted by Crippen LogP contribution is 2.27. The van der Waals surface area contributed by atoms with Gasteiger partial charge in [-0.05, 0) is 24.6 Å². The summed E-state index contributed by atoms with van der Waals surface area (Å²) in [5.74, 6) is -0.00721. The van der Waals surface area contributed by atoms with Gasteiger partial charge >= 0.3 is 0 Å². The first-order chi connectivity index (χ1) is 10.3. The van der Waals surface area contributed by atoms with Gasteiger partial charge in [0, 0.05) is 31.8 Å². The molecule has 5 nitrogen and oxygen atoms in total. The number of hydrogen-bond acceptors (Lipinski definition) is 4. The van der Waals surface area contributed by atoms with Crippen LogP contribution in [-0.4, -0.2) is 45.3 Å². The third kappa shape index (κ3) is 3.09.